The highest BCUT2D eigenvalue weighted by Gasteiger charge is 2.15. The molecule has 1 aliphatic heterocycles. The molecule has 0 amide bonds. The molecule has 1 aliphatic rings. The maximum atomic E-state index is 5.46. The Hall–Kier alpha value is -1.35. The lowest BCUT2D eigenvalue weighted by molar-refractivity contribution is 0.350. The molecule has 0 aliphatic carbocycles. The predicted molar refractivity (Wildman–Crippen MR) is 77.4 cm³/mol. The average Bonchev–Trinajstić information content (AvgIpc) is 2.80. The van der Waals surface area contributed by atoms with Crippen molar-refractivity contribution in [2.75, 3.05) is 13.1 Å². The molecule has 3 heteroatoms. The Bertz CT molecular complexity index is 567. The van der Waals surface area contributed by atoms with Gasteiger partial charge in [0.25, 0.3) is 0 Å². The highest BCUT2D eigenvalue weighted by molar-refractivity contribution is 5.81. The molecule has 1 aromatic heterocycles. The summed E-state index contributed by atoms with van der Waals surface area (Å²) in [4.78, 5) is 0. The van der Waals surface area contributed by atoms with Crippen molar-refractivity contribution in [3.05, 3.63) is 29.0 Å². The van der Waals surface area contributed by atoms with Crippen molar-refractivity contribution >= 4 is 11.0 Å². The second-order valence-electron chi connectivity index (χ2n) is 5.79. The first-order valence-electron chi connectivity index (χ1n) is 7.30. The van der Waals surface area contributed by atoms with Crippen molar-refractivity contribution in [3.63, 3.8) is 0 Å². The predicted octanol–water partition coefficient (Wildman–Crippen LogP) is 3.38. The molecular formula is C16H22N2O. The van der Waals surface area contributed by atoms with Gasteiger partial charge < -0.3 is 9.84 Å². The molecule has 3 nitrogen and oxygen atoms in total. The van der Waals surface area contributed by atoms with E-state index in [0.29, 0.717) is 0 Å². The first-order valence-corrected chi connectivity index (χ1v) is 7.30. The zero-order chi connectivity index (χ0) is 13.2. The molecule has 1 aromatic carbocycles. The summed E-state index contributed by atoms with van der Waals surface area (Å²) in [6.07, 6.45) is 4.87. The molecule has 3 rings (SSSR count). The third-order valence-corrected chi connectivity index (χ3v) is 4.41. The molecule has 102 valence electrons. The zero-order valence-electron chi connectivity index (χ0n) is 11.8. The second kappa shape index (κ2) is 5.33. The normalized spacial score (nSPS) is 17.2. The minimum absolute atomic E-state index is 0.847. The molecule has 1 saturated heterocycles. The minimum Gasteiger partial charge on any atom is -0.356 e. The summed E-state index contributed by atoms with van der Waals surface area (Å²) in [7, 11) is 0. The van der Waals surface area contributed by atoms with Crippen molar-refractivity contribution in [3.8, 4) is 0 Å². The van der Waals surface area contributed by atoms with Crippen LogP contribution >= 0.6 is 0 Å². The number of benzene rings is 1. The third-order valence-electron chi connectivity index (χ3n) is 4.41. The number of aryl methyl sites for hydroxylation is 3. The Morgan fingerprint density at radius 3 is 2.74 bits per heavy atom. The summed E-state index contributed by atoms with van der Waals surface area (Å²) in [6, 6.07) is 4.32. The summed E-state index contributed by atoms with van der Waals surface area (Å²) in [5.74, 6) is 0.847. The van der Waals surface area contributed by atoms with E-state index in [2.05, 4.69) is 36.5 Å². The topological polar surface area (TPSA) is 38.1 Å². The van der Waals surface area contributed by atoms with Gasteiger partial charge in [0, 0.05) is 5.39 Å². The van der Waals surface area contributed by atoms with Crippen molar-refractivity contribution in [1.29, 1.82) is 0 Å². The van der Waals surface area contributed by atoms with Crippen LogP contribution < -0.4 is 5.32 Å². The van der Waals surface area contributed by atoms with Gasteiger partial charge in [-0.2, -0.15) is 0 Å². The van der Waals surface area contributed by atoms with Crippen molar-refractivity contribution in [2.24, 2.45) is 5.92 Å². The number of hydrogen-bond acceptors (Lipinski definition) is 3. The van der Waals surface area contributed by atoms with Gasteiger partial charge in [0.05, 0.1) is 5.69 Å². The van der Waals surface area contributed by atoms with Crippen molar-refractivity contribution < 1.29 is 4.52 Å². The Kier molecular flexibility index (Phi) is 3.56. The fraction of sp³-hybridized carbons (Fsp3) is 0.562. The molecule has 0 radical (unpaired) electrons. The molecule has 19 heavy (non-hydrogen) atoms. The zero-order valence-corrected chi connectivity index (χ0v) is 11.8. The van der Waals surface area contributed by atoms with Gasteiger partial charge >= 0.3 is 0 Å². The number of aromatic nitrogens is 1. The number of nitrogens with one attached hydrogen (secondary N) is 1. The standard InChI is InChI=1S/C16H22N2O/c1-11-9-14-15(18-19-16(14)10-12(11)2)4-3-13-5-7-17-8-6-13/h9-10,13,17H,3-8H2,1-2H3. The van der Waals surface area contributed by atoms with Gasteiger partial charge in [-0.15, -0.1) is 0 Å². The smallest absolute Gasteiger partial charge is 0.167 e. The van der Waals surface area contributed by atoms with Crippen LogP contribution in [0, 0.1) is 19.8 Å². The lowest BCUT2D eigenvalue weighted by Crippen LogP contribution is -2.27. The molecule has 0 unspecified atom stereocenters. The Morgan fingerprint density at radius 2 is 1.95 bits per heavy atom. The number of fused-ring (bicyclic) bond motifs is 1. The van der Waals surface area contributed by atoms with Crippen LogP contribution in [0.2, 0.25) is 0 Å². The third kappa shape index (κ3) is 2.66. The van der Waals surface area contributed by atoms with E-state index in [1.165, 1.54) is 48.9 Å². The monoisotopic (exact) mass is 258 g/mol. The van der Waals surface area contributed by atoms with Crippen molar-refractivity contribution in [2.45, 2.75) is 39.5 Å². The van der Waals surface area contributed by atoms with E-state index in [1.54, 1.807) is 0 Å². The highest BCUT2D eigenvalue weighted by Crippen LogP contribution is 2.25. The first-order chi connectivity index (χ1) is 9.24. The van der Waals surface area contributed by atoms with Crippen LogP contribution in [0.3, 0.4) is 0 Å². The van der Waals surface area contributed by atoms with E-state index in [0.717, 1.165) is 23.6 Å². The number of hydrogen-bond donors (Lipinski definition) is 1. The fourth-order valence-electron chi connectivity index (χ4n) is 2.94. The van der Waals surface area contributed by atoms with Gasteiger partial charge in [-0.3, -0.25) is 0 Å². The molecule has 1 fully saturated rings. The highest BCUT2D eigenvalue weighted by atomic mass is 16.5. The van der Waals surface area contributed by atoms with Crippen LogP contribution in [0.5, 0.6) is 0 Å². The second-order valence-corrected chi connectivity index (χ2v) is 5.79. The Labute approximate surface area is 114 Å². The van der Waals surface area contributed by atoms with Gasteiger partial charge in [0.1, 0.15) is 0 Å². The molecule has 0 bridgehead atoms. The van der Waals surface area contributed by atoms with Crippen LogP contribution in [0.25, 0.3) is 11.0 Å². The van der Waals surface area contributed by atoms with Gasteiger partial charge in [0.15, 0.2) is 5.58 Å². The molecule has 1 N–H and O–H groups in total. The SMILES string of the molecule is Cc1cc2onc(CCC3CCNCC3)c2cc1C. The Balaban J connectivity index is 1.75. The van der Waals surface area contributed by atoms with Gasteiger partial charge in [-0.25, -0.2) is 0 Å². The van der Waals surface area contributed by atoms with Crippen LogP contribution in [0.15, 0.2) is 16.7 Å². The van der Waals surface area contributed by atoms with Crippen LogP contribution in [-0.4, -0.2) is 18.2 Å². The summed E-state index contributed by atoms with van der Waals surface area (Å²) in [5, 5.41) is 8.89. The summed E-state index contributed by atoms with van der Waals surface area (Å²) < 4.78 is 5.46. The molecule has 2 aromatic rings. The lowest BCUT2D eigenvalue weighted by atomic mass is 9.92. The average molecular weight is 258 g/mol. The first kappa shape index (κ1) is 12.7. The number of rotatable bonds is 3. The number of nitrogens with zero attached hydrogens (tertiary/aromatic N) is 1. The van der Waals surface area contributed by atoms with Crippen LogP contribution in [0.1, 0.15) is 36.1 Å². The maximum Gasteiger partial charge on any atom is 0.167 e. The quantitative estimate of drug-likeness (QED) is 0.917. The summed E-state index contributed by atoms with van der Waals surface area (Å²) >= 11 is 0. The molecule has 0 saturated carbocycles. The largest absolute Gasteiger partial charge is 0.356 e. The van der Waals surface area contributed by atoms with Crippen LogP contribution in [0.4, 0.5) is 0 Å². The Morgan fingerprint density at radius 1 is 1.21 bits per heavy atom. The lowest BCUT2D eigenvalue weighted by Gasteiger charge is -2.21. The van der Waals surface area contributed by atoms with Crippen LogP contribution in [-0.2, 0) is 6.42 Å². The summed E-state index contributed by atoms with van der Waals surface area (Å²) in [6.45, 7) is 6.61. The molecule has 0 atom stereocenters. The minimum atomic E-state index is 0.847. The summed E-state index contributed by atoms with van der Waals surface area (Å²) in [5.41, 5.74) is 4.66. The molecule has 2 heterocycles. The molecular weight excluding hydrogens is 236 g/mol. The van der Waals surface area contributed by atoms with E-state index >= 15 is 0 Å². The van der Waals surface area contributed by atoms with E-state index in [1.807, 2.05) is 0 Å². The van der Waals surface area contributed by atoms with E-state index in [-0.39, 0.29) is 0 Å². The van der Waals surface area contributed by atoms with Gasteiger partial charge in [-0.1, -0.05) is 5.16 Å². The number of piperidine rings is 1. The van der Waals surface area contributed by atoms with E-state index < -0.39 is 0 Å². The van der Waals surface area contributed by atoms with E-state index in [9.17, 15) is 0 Å². The van der Waals surface area contributed by atoms with Gasteiger partial charge in [0.2, 0.25) is 0 Å². The maximum absolute atomic E-state index is 5.46. The van der Waals surface area contributed by atoms with E-state index in [4.69, 9.17) is 4.52 Å². The molecule has 0 spiro atoms. The van der Waals surface area contributed by atoms with Crippen molar-refractivity contribution in [1.82, 2.24) is 10.5 Å². The fourth-order valence-corrected chi connectivity index (χ4v) is 2.94. The van der Waals surface area contributed by atoms with Gasteiger partial charge in [-0.05, 0) is 81.8 Å².